The van der Waals surface area contributed by atoms with Gasteiger partial charge in [0.2, 0.25) is 5.88 Å². The molecule has 9 heteroatoms. The van der Waals surface area contributed by atoms with Crippen LogP contribution < -0.4 is 15.0 Å². The number of hydrogen-bond acceptors (Lipinski definition) is 6. The lowest BCUT2D eigenvalue weighted by molar-refractivity contribution is 0.0946. The van der Waals surface area contributed by atoms with Gasteiger partial charge in [-0.3, -0.25) is 4.79 Å². The van der Waals surface area contributed by atoms with E-state index in [0.29, 0.717) is 35.0 Å². The Bertz CT molecular complexity index is 1210. The lowest BCUT2D eigenvalue weighted by atomic mass is 10.2. The number of nitrogens with one attached hydrogen (secondary N) is 1. The van der Waals surface area contributed by atoms with Crippen LogP contribution in [0.4, 0.5) is 10.1 Å². The number of nitrogens with zero attached hydrogens (tertiary/aromatic N) is 5. The van der Waals surface area contributed by atoms with Crippen molar-refractivity contribution in [1.29, 1.82) is 0 Å². The molecule has 2 aromatic heterocycles. The highest BCUT2D eigenvalue weighted by Gasteiger charge is 2.11. The van der Waals surface area contributed by atoms with E-state index in [2.05, 4.69) is 20.6 Å². The molecule has 0 saturated carbocycles. The zero-order valence-electron chi connectivity index (χ0n) is 17.1. The molecule has 0 saturated heterocycles. The molecule has 0 atom stereocenters. The van der Waals surface area contributed by atoms with Crippen molar-refractivity contribution in [2.24, 2.45) is 0 Å². The molecule has 0 fully saturated rings. The van der Waals surface area contributed by atoms with E-state index in [4.69, 9.17) is 4.74 Å². The fourth-order valence-corrected chi connectivity index (χ4v) is 2.98. The Kier molecular flexibility index (Phi) is 5.74. The summed E-state index contributed by atoms with van der Waals surface area (Å²) in [7, 11) is 3.85. The van der Waals surface area contributed by atoms with Crippen LogP contribution >= 0.6 is 0 Å². The molecule has 0 aliphatic heterocycles. The van der Waals surface area contributed by atoms with Gasteiger partial charge in [-0.15, -0.1) is 15.3 Å². The topological polar surface area (TPSA) is 84.7 Å². The van der Waals surface area contributed by atoms with Crippen LogP contribution in [0.5, 0.6) is 5.88 Å². The molecular formula is C22H21FN6O2. The number of carbonyl (C=O) groups is 1. The van der Waals surface area contributed by atoms with Crippen molar-refractivity contribution in [2.75, 3.05) is 32.1 Å². The SMILES string of the molecule is CN(C)c1cccc(C(=O)NCCOc2ccc3nnc(-c4ccc(F)cc4)n3n2)c1. The Labute approximate surface area is 178 Å². The minimum Gasteiger partial charge on any atom is -0.475 e. The van der Waals surface area contributed by atoms with Gasteiger partial charge in [0.05, 0.1) is 6.54 Å². The van der Waals surface area contributed by atoms with E-state index in [1.54, 1.807) is 30.3 Å². The van der Waals surface area contributed by atoms with Crippen molar-refractivity contribution in [2.45, 2.75) is 0 Å². The highest BCUT2D eigenvalue weighted by Crippen LogP contribution is 2.19. The number of aromatic nitrogens is 4. The van der Waals surface area contributed by atoms with E-state index in [0.717, 1.165) is 5.69 Å². The standard InChI is InChI=1S/C22H21FN6O2/c1-28(2)18-5-3-4-16(14-18)22(30)24-12-13-31-20-11-10-19-25-26-21(29(19)27-20)15-6-8-17(23)9-7-15/h3-11,14H,12-13H2,1-2H3,(H,24,30). The summed E-state index contributed by atoms with van der Waals surface area (Å²) in [6.07, 6.45) is 0. The summed E-state index contributed by atoms with van der Waals surface area (Å²) < 4.78 is 20.4. The summed E-state index contributed by atoms with van der Waals surface area (Å²) >= 11 is 0. The fourth-order valence-electron chi connectivity index (χ4n) is 2.98. The van der Waals surface area contributed by atoms with Crippen molar-refractivity contribution in [3.05, 3.63) is 72.0 Å². The number of anilines is 1. The van der Waals surface area contributed by atoms with Gasteiger partial charge < -0.3 is 15.0 Å². The monoisotopic (exact) mass is 420 g/mol. The van der Waals surface area contributed by atoms with Gasteiger partial charge in [-0.05, 0) is 48.5 Å². The second kappa shape index (κ2) is 8.78. The number of hydrogen-bond donors (Lipinski definition) is 1. The largest absolute Gasteiger partial charge is 0.475 e. The number of amides is 1. The molecule has 0 radical (unpaired) electrons. The number of benzene rings is 2. The van der Waals surface area contributed by atoms with Gasteiger partial charge in [-0.2, -0.15) is 4.52 Å². The predicted octanol–water partition coefficient (Wildman–Crippen LogP) is 2.81. The Morgan fingerprint density at radius 2 is 1.90 bits per heavy atom. The van der Waals surface area contributed by atoms with Crippen LogP contribution in [-0.4, -0.2) is 53.0 Å². The first-order valence-electron chi connectivity index (χ1n) is 9.68. The third-order valence-corrected chi connectivity index (χ3v) is 4.60. The predicted molar refractivity (Wildman–Crippen MR) is 115 cm³/mol. The summed E-state index contributed by atoms with van der Waals surface area (Å²) in [4.78, 5) is 14.3. The van der Waals surface area contributed by atoms with Crippen LogP contribution in [0.2, 0.25) is 0 Å². The van der Waals surface area contributed by atoms with Gasteiger partial charge in [0.25, 0.3) is 5.91 Å². The first-order chi connectivity index (χ1) is 15.0. The zero-order valence-corrected chi connectivity index (χ0v) is 17.1. The van der Waals surface area contributed by atoms with Crippen molar-refractivity contribution < 1.29 is 13.9 Å². The number of ether oxygens (including phenoxy) is 1. The summed E-state index contributed by atoms with van der Waals surface area (Å²) in [5, 5.41) is 15.4. The molecule has 2 heterocycles. The van der Waals surface area contributed by atoms with Crippen molar-refractivity contribution in [3.8, 4) is 17.3 Å². The Balaban J connectivity index is 1.38. The third kappa shape index (κ3) is 4.61. The molecule has 0 unspecified atom stereocenters. The summed E-state index contributed by atoms with van der Waals surface area (Å²) in [5.41, 5.74) is 2.76. The van der Waals surface area contributed by atoms with Gasteiger partial charge in [0.15, 0.2) is 11.5 Å². The van der Waals surface area contributed by atoms with E-state index in [1.807, 2.05) is 37.2 Å². The highest BCUT2D eigenvalue weighted by molar-refractivity contribution is 5.95. The maximum atomic E-state index is 13.2. The van der Waals surface area contributed by atoms with Crippen LogP contribution in [0.1, 0.15) is 10.4 Å². The quantitative estimate of drug-likeness (QED) is 0.463. The second-order valence-corrected chi connectivity index (χ2v) is 7.02. The maximum Gasteiger partial charge on any atom is 0.251 e. The van der Waals surface area contributed by atoms with E-state index in [9.17, 15) is 9.18 Å². The molecule has 4 rings (SSSR count). The van der Waals surface area contributed by atoms with Crippen molar-refractivity contribution in [1.82, 2.24) is 25.1 Å². The van der Waals surface area contributed by atoms with E-state index >= 15 is 0 Å². The Hall–Kier alpha value is -4.01. The smallest absolute Gasteiger partial charge is 0.251 e. The molecule has 1 N–H and O–H groups in total. The van der Waals surface area contributed by atoms with E-state index in [-0.39, 0.29) is 18.3 Å². The van der Waals surface area contributed by atoms with Crippen LogP contribution in [0, 0.1) is 5.82 Å². The second-order valence-electron chi connectivity index (χ2n) is 7.02. The van der Waals surface area contributed by atoms with E-state index in [1.165, 1.54) is 16.6 Å². The summed E-state index contributed by atoms with van der Waals surface area (Å²) in [6.45, 7) is 0.559. The number of fused-ring (bicyclic) bond motifs is 1. The molecule has 0 aliphatic carbocycles. The van der Waals surface area contributed by atoms with Gasteiger partial charge in [0, 0.05) is 37.0 Å². The maximum absolute atomic E-state index is 13.2. The highest BCUT2D eigenvalue weighted by atomic mass is 19.1. The van der Waals surface area contributed by atoms with Gasteiger partial charge in [-0.1, -0.05) is 6.07 Å². The lowest BCUT2D eigenvalue weighted by Gasteiger charge is -2.13. The van der Waals surface area contributed by atoms with E-state index < -0.39 is 0 Å². The van der Waals surface area contributed by atoms with Gasteiger partial charge >= 0.3 is 0 Å². The van der Waals surface area contributed by atoms with Crippen molar-refractivity contribution in [3.63, 3.8) is 0 Å². The van der Waals surface area contributed by atoms with Gasteiger partial charge in [0.1, 0.15) is 12.4 Å². The average molecular weight is 420 g/mol. The number of halogens is 1. The fraction of sp³-hybridized carbons (Fsp3) is 0.182. The average Bonchev–Trinajstić information content (AvgIpc) is 3.20. The number of rotatable bonds is 7. The Morgan fingerprint density at radius 3 is 2.68 bits per heavy atom. The first-order valence-corrected chi connectivity index (χ1v) is 9.68. The molecular weight excluding hydrogens is 399 g/mol. The van der Waals surface area contributed by atoms with Crippen LogP contribution in [-0.2, 0) is 0 Å². The molecule has 2 aromatic carbocycles. The first kappa shape index (κ1) is 20.3. The zero-order chi connectivity index (χ0) is 21.8. The molecule has 0 spiro atoms. The molecule has 31 heavy (non-hydrogen) atoms. The lowest BCUT2D eigenvalue weighted by Crippen LogP contribution is -2.28. The molecule has 158 valence electrons. The number of carbonyl (C=O) groups excluding carboxylic acids is 1. The molecule has 1 amide bonds. The van der Waals surface area contributed by atoms with Crippen molar-refractivity contribution >= 4 is 17.2 Å². The van der Waals surface area contributed by atoms with Gasteiger partial charge in [-0.25, -0.2) is 4.39 Å². The Morgan fingerprint density at radius 1 is 1.10 bits per heavy atom. The molecule has 0 bridgehead atoms. The van der Waals surface area contributed by atoms with Crippen LogP contribution in [0.25, 0.3) is 17.0 Å². The molecule has 4 aromatic rings. The third-order valence-electron chi connectivity index (χ3n) is 4.60. The summed E-state index contributed by atoms with van der Waals surface area (Å²) in [6, 6.07) is 16.7. The van der Waals surface area contributed by atoms with Crippen LogP contribution in [0.3, 0.4) is 0 Å². The van der Waals surface area contributed by atoms with Crippen LogP contribution in [0.15, 0.2) is 60.7 Å². The minimum atomic E-state index is -0.329. The molecule has 8 nitrogen and oxygen atoms in total. The minimum absolute atomic E-state index is 0.173. The molecule has 0 aliphatic rings. The summed E-state index contributed by atoms with van der Waals surface area (Å²) in [5.74, 6) is 0.340. The normalized spacial score (nSPS) is 10.8.